The van der Waals surface area contributed by atoms with Gasteiger partial charge in [0.1, 0.15) is 0 Å². The lowest BCUT2D eigenvalue weighted by molar-refractivity contribution is -0.139. The van der Waals surface area contributed by atoms with Crippen molar-refractivity contribution in [1.29, 1.82) is 0 Å². The van der Waals surface area contributed by atoms with E-state index in [1.165, 1.54) is 56.1 Å². The summed E-state index contributed by atoms with van der Waals surface area (Å²) < 4.78 is 0. The molecule has 1 unspecified atom stereocenters. The molecule has 2 saturated carbocycles. The quantitative estimate of drug-likeness (QED) is 0.693. The number of hydrogen-bond donors (Lipinski definition) is 1. The van der Waals surface area contributed by atoms with Gasteiger partial charge in [-0.1, -0.05) is 57.1 Å². The smallest absolute Gasteiger partial charge is 0.254 e. The van der Waals surface area contributed by atoms with Crippen molar-refractivity contribution >= 4 is 11.8 Å². The van der Waals surface area contributed by atoms with Crippen LogP contribution in [0.4, 0.5) is 0 Å². The number of carbonyl (C=O) groups is 2. The van der Waals surface area contributed by atoms with E-state index in [9.17, 15) is 14.7 Å². The number of carbonyl (C=O) groups excluding carboxylic acids is 2. The standard InChI is InChI=1S/C18H31NO2.C10H11NO/c20-16-10-13-19(14-18(16)11-4-5-12-18)17(21)9-8-15-6-2-1-3-7-15;1-7-4-3-5-8-9(7)6-11(2)10(8)12/h15-16,20H,1-14H2;3-5H,6H2,1-2H3. The highest BCUT2D eigenvalue weighted by Gasteiger charge is 2.45. The summed E-state index contributed by atoms with van der Waals surface area (Å²) in [4.78, 5) is 27.8. The van der Waals surface area contributed by atoms with Crippen LogP contribution in [0.5, 0.6) is 0 Å². The molecule has 1 spiro atoms. The van der Waals surface area contributed by atoms with Gasteiger partial charge in [-0.15, -0.1) is 0 Å². The van der Waals surface area contributed by atoms with Crippen LogP contribution in [0.3, 0.4) is 0 Å². The van der Waals surface area contributed by atoms with E-state index in [-0.39, 0.29) is 17.4 Å². The van der Waals surface area contributed by atoms with Crippen molar-refractivity contribution in [2.24, 2.45) is 11.3 Å². The number of aliphatic hydroxyl groups excluding tert-OH is 1. The van der Waals surface area contributed by atoms with Crippen molar-refractivity contribution in [2.45, 2.75) is 96.6 Å². The number of hydrogen-bond acceptors (Lipinski definition) is 3. The molecule has 1 N–H and O–H groups in total. The molecule has 2 aliphatic heterocycles. The summed E-state index contributed by atoms with van der Waals surface area (Å²) in [5.41, 5.74) is 3.31. The molecule has 0 aromatic heterocycles. The van der Waals surface area contributed by atoms with Crippen LogP contribution in [0, 0.1) is 18.3 Å². The maximum atomic E-state index is 12.5. The van der Waals surface area contributed by atoms with Crippen molar-refractivity contribution < 1.29 is 14.7 Å². The second-order valence-corrected chi connectivity index (χ2v) is 11.0. The van der Waals surface area contributed by atoms with E-state index < -0.39 is 0 Å². The summed E-state index contributed by atoms with van der Waals surface area (Å²) in [6.07, 6.45) is 13.9. The Morgan fingerprint density at radius 2 is 1.82 bits per heavy atom. The van der Waals surface area contributed by atoms with Gasteiger partial charge in [0.25, 0.3) is 5.91 Å². The van der Waals surface area contributed by atoms with Crippen molar-refractivity contribution in [2.75, 3.05) is 20.1 Å². The van der Waals surface area contributed by atoms with Crippen LogP contribution in [0.25, 0.3) is 0 Å². The first-order chi connectivity index (χ1) is 15.9. The van der Waals surface area contributed by atoms with Crippen LogP contribution < -0.4 is 0 Å². The van der Waals surface area contributed by atoms with Gasteiger partial charge >= 0.3 is 0 Å². The summed E-state index contributed by atoms with van der Waals surface area (Å²) in [6, 6.07) is 5.88. The number of aliphatic hydroxyl groups is 1. The Hall–Kier alpha value is -1.88. The first-order valence-corrected chi connectivity index (χ1v) is 13.2. The van der Waals surface area contributed by atoms with Gasteiger partial charge in [-0.2, -0.15) is 0 Å². The van der Waals surface area contributed by atoms with E-state index in [4.69, 9.17) is 0 Å². The molecule has 2 heterocycles. The average molecular weight is 455 g/mol. The molecule has 182 valence electrons. The predicted octanol–water partition coefficient (Wildman–Crippen LogP) is 5.08. The van der Waals surface area contributed by atoms with Gasteiger partial charge in [0, 0.05) is 44.1 Å². The van der Waals surface area contributed by atoms with Gasteiger partial charge in [0.15, 0.2) is 0 Å². The van der Waals surface area contributed by atoms with E-state index in [0.717, 1.165) is 63.2 Å². The molecule has 4 aliphatic rings. The molecular weight excluding hydrogens is 412 g/mol. The molecule has 5 nitrogen and oxygen atoms in total. The fourth-order valence-corrected chi connectivity index (χ4v) is 6.52. The first kappa shape index (κ1) is 24.3. The Bertz CT molecular complexity index is 840. The highest BCUT2D eigenvalue weighted by molar-refractivity contribution is 5.98. The summed E-state index contributed by atoms with van der Waals surface area (Å²) in [5.74, 6) is 1.28. The molecule has 0 radical (unpaired) electrons. The van der Waals surface area contributed by atoms with Crippen LogP contribution in [0.2, 0.25) is 0 Å². The molecule has 1 saturated heterocycles. The number of rotatable bonds is 3. The van der Waals surface area contributed by atoms with Crippen LogP contribution >= 0.6 is 0 Å². The number of nitrogens with zero attached hydrogens (tertiary/aromatic N) is 2. The third kappa shape index (κ3) is 5.45. The highest BCUT2D eigenvalue weighted by atomic mass is 16.3. The van der Waals surface area contributed by atoms with E-state index in [1.807, 2.05) is 32.2 Å². The SMILES string of the molecule is Cc1cccc2c1CN(C)C2=O.O=C(CCC1CCCCC1)N1CCC(O)C2(CCCC2)C1. The molecule has 3 fully saturated rings. The molecule has 0 bridgehead atoms. The third-order valence-electron chi connectivity index (χ3n) is 8.71. The molecule has 1 aromatic rings. The maximum Gasteiger partial charge on any atom is 0.254 e. The van der Waals surface area contributed by atoms with Crippen molar-refractivity contribution in [3.05, 3.63) is 34.9 Å². The second-order valence-electron chi connectivity index (χ2n) is 11.0. The number of likely N-dealkylation sites (tertiary alicyclic amines) is 1. The molecular formula is C28H42N2O3. The number of benzene rings is 1. The number of aryl methyl sites for hydroxylation is 1. The van der Waals surface area contributed by atoms with Gasteiger partial charge in [-0.05, 0) is 55.7 Å². The largest absolute Gasteiger partial charge is 0.392 e. The van der Waals surface area contributed by atoms with Crippen LogP contribution in [0.15, 0.2) is 18.2 Å². The van der Waals surface area contributed by atoms with E-state index in [2.05, 4.69) is 4.90 Å². The first-order valence-electron chi connectivity index (χ1n) is 13.2. The zero-order valence-electron chi connectivity index (χ0n) is 20.7. The lowest BCUT2D eigenvalue weighted by atomic mass is 9.76. The molecule has 2 aliphatic carbocycles. The normalized spacial score (nSPS) is 24.6. The van der Waals surface area contributed by atoms with Crippen LogP contribution in [0.1, 0.15) is 98.5 Å². The summed E-state index contributed by atoms with van der Waals surface area (Å²) >= 11 is 0. The Balaban J connectivity index is 0.000000183. The van der Waals surface area contributed by atoms with Crippen molar-refractivity contribution in [3.8, 4) is 0 Å². The predicted molar refractivity (Wildman–Crippen MR) is 131 cm³/mol. The Morgan fingerprint density at radius 1 is 1.09 bits per heavy atom. The van der Waals surface area contributed by atoms with Crippen molar-refractivity contribution in [3.63, 3.8) is 0 Å². The number of fused-ring (bicyclic) bond motifs is 1. The zero-order chi connectivity index (χ0) is 23.4. The van der Waals surface area contributed by atoms with Gasteiger partial charge in [-0.3, -0.25) is 9.59 Å². The van der Waals surface area contributed by atoms with Crippen molar-refractivity contribution in [1.82, 2.24) is 9.80 Å². The minimum Gasteiger partial charge on any atom is -0.392 e. The fourth-order valence-electron chi connectivity index (χ4n) is 6.52. The molecule has 2 amide bonds. The molecule has 1 atom stereocenters. The van der Waals surface area contributed by atoms with Gasteiger partial charge < -0.3 is 14.9 Å². The Morgan fingerprint density at radius 3 is 2.52 bits per heavy atom. The lowest BCUT2D eigenvalue weighted by Gasteiger charge is -2.44. The number of piperidine rings is 1. The van der Waals surface area contributed by atoms with E-state index in [1.54, 1.807) is 4.90 Å². The Kier molecular flexibility index (Phi) is 7.78. The molecule has 5 rings (SSSR count). The molecule has 1 aromatic carbocycles. The van der Waals surface area contributed by atoms with Gasteiger partial charge in [-0.25, -0.2) is 0 Å². The maximum absolute atomic E-state index is 12.5. The van der Waals surface area contributed by atoms with E-state index >= 15 is 0 Å². The second kappa shape index (κ2) is 10.6. The molecule has 33 heavy (non-hydrogen) atoms. The highest BCUT2D eigenvalue weighted by Crippen LogP contribution is 2.45. The van der Waals surface area contributed by atoms with E-state index in [0.29, 0.717) is 5.91 Å². The minimum atomic E-state index is -0.178. The van der Waals surface area contributed by atoms with Crippen LogP contribution in [-0.2, 0) is 11.3 Å². The average Bonchev–Trinajstić information content (AvgIpc) is 3.41. The number of amides is 2. The zero-order valence-corrected chi connectivity index (χ0v) is 20.7. The lowest BCUT2D eigenvalue weighted by Crippen LogP contribution is -2.52. The summed E-state index contributed by atoms with van der Waals surface area (Å²) in [7, 11) is 1.84. The molecule has 5 heteroatoms. The Labute approximate surface area is 199 Å². The third-order valence-corrected chi connectivity index (χ3v) is 8.71. The summed E-state index contributed by atoms with van der Waals surface area (Å²) in [6.45, 7) is 4.40. The monoisotopic (exact) mass is 454 g/mol. The van der Waals surface area contributed by atoms with Gasteiger partial charge in [0.05, 0.1) is 6.10 Å². The minimum absolute atomic E-state index is 0.0404. The summed E-state index contributed by atoms with van der Waals surface area (Å²) in [5, 5.41) is 10.4. The van der Waals surface area contributed by atoms with Gasteiger partial charge in [0.2, 0.25) is 5.91 Å². The van der Waals surface area contributed by atoms with Crippen LogP contribution in [-0.4, -0.2) is 53.0 Å². The fraction of sp³-hybridized carbons (Fsp3) is 0.714. The topological polar surface area (TPSA) is 60.9 Å².